The Labute approximate surface area is 190 Å². The first kappa shape index (κ1) is 22.1. The molecular formula is C19H12Cl2N2O5S2. The Bertz CT molecular complexity index is 1090. The number of thioether (sulfide) groups is 1. The van der Waals surface area contributed by atoms with Crippen LogP contribution in [0.2, 0.25) is 10.0 Å². The lowest BCUT2D eigenvalue weighted by molar-refractivity contribution is -0.139. The molecule has 1 fully saturated rings. The van der Waals surface area contributed by atoms with Crippen LogP contribution in [0.4, 0.5) is 0 Å². The quantitative estimate of drug-likeness (QED) is 0.474. The van der Waals surface area contributed by atoms with E-state index >= 15 is 0 Å². The van der Waals surface area contributed by atoms with Gasteiger partial charge in [-0.3, -0.25) is 15.0 Å². The Morgan fingerprint density at radius 2 is 1.97 bits per heavy atom. The molecule has 7 nitrogen and oxygen atoms in total. The molecule has 2 N–H and O–H groups in total. The maximum absolute atomic E-state index is 12.7. The van der Waals surface area contributed by atoms with Crippen molar-refractivity contribution in [3.8, 4) is 5.75 Å². The third-order valence-electron chi connectivity index (χ3n) is 3.74. The molecule has 0 spiro atoms. The van der Waals surface area contributed by atoms with Crippen LogP contribution in [0.1, 0.15) is 15.9 Å². The van der Waals surface area contributed by atoms with Crippen LogP contribution < -0.4 is 10.2 Å². The second kappa shape index (κ2) is 9.48. The average Bonchev–Trinajstić information content (AvgIpc) is 2.94. The number of nitrogens with one attached hydrogen (secondary N) is 1. The minimum Gasteiger partial charge on any atom is -0.481 e. The molecule has 2 aromatic rings. The predicted molar refractivity (Wildman–Crippen MR) is 119 cm³/mol. The molecule has 0 atom stereocenters. The summed E-state index contributed by atoms with van der Waals surface area (Å²) < 4.78 is 5.36. The molecule has 0 bridgehead atoms. The van der Waals surface area contributed by atoms with E-state index in [1.54, 1.807) is 24.3 Å². The van der Waals surface area contributed by atoms with Gasteiger partial charge in [0.2, 0.25) is 0 Å². The van der Waals surface area contributed by atoms with Crippen LogP contribution in [0.5, 0.6) is 5.75 Å². The van der Waals surface area contributed by atoms with Crippen molar-refractivity contribution >= 4 is 75.4 Å². The fraction of sp³-hybridized carbons (Fsp3) is 0.0526. The van der Waals surface area contributed by atoms with Crippen molar-refractivity contribution in [1.29, 1.82) is 0 Å². The summed E-state index contributed by atoms with van der Waals surface area (Å²) in [5.74, 6) is -2.00. The lowest BCUT2D eigenvalue weighted by Crippen LogP contribution is -2.44. The molecule has 1 aliphatic rings. The van der Waals surface area contributed by atoms with Crippen LogP contribution >= 0.6 is 47.2 Å². The molecule has 30 heavy (non-hydrogen) atoms. The topological polar surface area (TPSA) is 95.9 Å². The fourth-order valence-electron chi connectivity index (χ4n) is 2.41. The fourth-order valence-corrected chi connectivity index (χ4v) is 4.08. The van der Waals surface area contributed by atoms with E-state index in [-0.39, 0.29) is 19.8 Å². The number of para-hydroxylation sites is 1. The number of carbonyl (C=O) groups excluding carboxylic acids is 2. The maximum atomic E-state index is 12.7. The minimum atomic E-state index is -1.13. The SMILES string of the molecule is O=C(O)COc1ccccc1/C=C1/SC(=S)N(NC(=O)c2ccc(Cl)cc2Cl)C1=O. The number of hydrogen-bond acceptors (Lipinski definition) is 6. The highest BCUT2D eigenvalue weighted by Crippen LogP contribution is 2.33. The highest BCUT2D eigenvalue weighted by atomic mass is 35.5. The highest BCUT2D eigenvalue weighted by molar-refractivity contribution is 8.26. The molecule has 0 unspecified atom stereocenters. The number of carboxylic acid groups (broad SMARTS) is 1. The van der Waals surface area contributed by atoms with Crippen molar-refractivity contribution in [2.45, 2.75) is 0 Å². The van der Waals surface area contributed by atoms with Crippen LogP contribution in [0.15, 0.2) is 47.4 Å². The van der Waals surface area contributed by atoms with Crippen LogP contribution in [-0.4, -0.2) is 38.8 Å². The summed E-state index contributed by atoms with van der Waals surface area (Å²) in [5.41, 5.74) is 3.05. The van der Waals surface area contributed by atoms with Gasteiger partial charge in [-0.25, -0.2) is 4.79 Å². The van der Waals surface area contributed by atoms with Crippen molar-refractivity contribution in [2.24, 2.45) is 0 Å². The number of thiocarbonyl (C=S) groups is 1. The van der Waals surface area contributed by atoms with Crippen molar-refractivity contribution in [2.75, 3.05) is 6.61 Å². The Morgan fingerprint density at radius 3 is 2.67 bits per heavy atom. The average molecular weight is 483 g/mol. The molecule has 0 aromatic heterocycles. The summed E-state index contributed by atoms with van der Waals surface area (Å²) in [6.45, 7) is -0.524. The zero-order chi connectivity index (χ0) is 21.8. The normalized spacial score (nSPS) is 14.9. The van der Waals surface area contributed by atoms with Crippen molar-refractivity contribution < 1.29 is 24.2 Å². The minimum absolute atomic E-state index is 0.119. The number of hydrazine groups is 1. The largest absolute Gasteiger partial charge is 0.481 e. The van der Waals surface area contributed by atoms with E-state index in [1.807, 2.05) is 0 Å². The van der Waals surface area contributed by atoms with Gasteiger partial charge in [0, 0.05) is 10.6 Å². The van der Waals surface area contributed by atoms with E-state index in [9.17, 15) is 14.4 Å². The van der Waals surface area contributed by atoms with Crippen molar-refractivity contribution in [3.63, 3.8) is 0 Å². The molecule has 1 heterocycles. The van der Waals surface area contributed by atoms with Gasteiger partial charge in [0.05, 0.1) is 15.5 Å². The van der Waals surface area contributed by atoms with Crippen molar-refractivity contribution in [1.82, 2.24) is 10.4 Å². The van der Waals surface area contributed by atoms with E-state index < -0.39 is 24.4 Å². The van der Waals surface area contributed by atoms with Gasteiger partial charge < -0.3 is 9.84 Å². The van der Waals surface area contributed by atoms with E-state index in [0.29, 0.717) is 16.3 Å². The lowest BCUT2D eigenvalue weighted by Gasteiger charge is -2.16. The third kappa shape index (κ3) is 5.11. The number of carbonyl (C=O) groups is 3. The summed E-state index contributed by atoms with van der Waals surface area (Å²) in [4.78, 5) is 36.2. The smallest absolute Gasteiger partial charge is 0.341 e. The highest BCUT2D eigenvalue weighted by Gasteiger charge is 2.34. The molecule has 1 aliphatic heterocycles. The summed E-state index contributed by atoms with van der Waals surface area (Å²) in [6, 6.07) is 11.0. The number of benzene rings is 2. The zero-order valence-electron chi connectivity index (χ0n) is 14.9. The molecule has 154 valence electrons. The number of halogens is 2. The standard InChI is InChI=1S/C19H12Cl2N2O5S2/c20-11-5-6-12(13(21)8-11)17(26)22-23-18(27)15(30-19(23)29)7-10-3-1-2-4-14(10)28-9-16(24)25/h1-8H,9H2,(H,22,26)(H,24,25)/b15-7+. The van der Waals surface area contributed by atoms with E-state index in [0.717, 1.165) is 16.8 Å². The van der Waals surface area contributed by atoms with Crippen LogP contribution in [0.3, 0.4) is 0 Å². The van der Waals surface area contributed by atoms with Crippen molar-refractivity contribution in [3.05, 3.63) is 68.5 Å². The van der Waals surface area contributed by atoms with E-state index in [1.165, 1.54) is 24.3 Å². The van der Waals surface area contributed by atoms with Gasteiger partial charge in [0.15, 0.2) is 10.9 Å². The number of aliphatic carboxylic acids is 1. The molecule has 0 radical (unpaired) electrons. The first-order valence-corrected chi connectivity index (χ1v) is 10.2. The molecule has 1 saturated heterocycles. The number of rotatable bonds is 6. The Kier molecular flexibility index (Phi) is 6.99. The number of amides is 2. The molecule has 0 saturated carbocycles. The van der Waals surface area contributed by atoms with E-state index in [2.05, 4.69) is 5.43 Å². The zero-order valence-corrected chi connectivity index (χ0v) is 18.1. The number of nitrogens with zero attached hydrogens (tertiary/aromatic N) is 1. The van der Waals surface area contributed by atoms with Gasteiger partial charge >= 0.3 is 5.97 Å². The number of ether oxygens (including phenoxy) is 1. The third-order valence-corrected chi connectivity index (χ3v) is 5.59. The second-order valence-electron chi connectivity index (χ2n) is 5.80. The Balaban J connectivity index is 1.80. The molecule has 0 aliphatic carbocycles. The van der Waals surface area contributed by atoms with E-state index in [4.69, 9.17) is 45.3 Å². The maximum Gasteiger partial charge on any atom is 0.341 e. The first-order chi connectivity index (χ1) is 14.3. The first-order valence-electron chi connectivity index (χ1n) is 8.24. The van der Waals surface area contributed by atoms with Gasteiger partial charge in [-0.15, -0.1) is 0 Å². The second-order valence-corrected chi connectivity index (χ2v) is 8.32. The van der Waals surface area contributed by atoms with Gasteiger partial charge in [-0.1, -0.05) is 53.2 Å². The summed E-state index contributed by atoms with van der Waals surface area (Å²) in [6.07, 6.45) is 1.51. The predicted octanol–water partition coefficient (Wildman–Crippen LogP) is 4.00. The Morgan fingerprint density at radius 1 is 1.23 bits per heavy atom. The summed E-state index contributed by atoms with van der Waals surface area (Å²) in [7, 11) is 0. The van der Waals surface area contributed by atoms with Crippen LogP contribution in [-0.2, 0) is 9.59 Å². The Hall–Kier alpha value is -2.59. The number of hydrogen-bond donors (Lipinski definition) is 2. The lowest BCUT2D eigenvalue weighted by atomic mass is 10.2. The van der Waals surface area contributed by atoms with Crippen LogP contribution in [0.25, 0.3) is 6.08 Å². The molecule has 11 heteroatoms. The number of carboxylic acids is 1. The summed E-state index contributed by atoms with van der Waals surface area (Å²) >= 11 is 18.0. The van der Waals surface area contributed by atoms with Gasteiger partial charge in [0.25, 0.3) is 11.8 Å². The monoisotopic (exact) mass is 482 g/mol. The van der Waals surface area contributed by atoms with Gasteiger partial charge in [-0.05, 0) is 42.6 Å². The molecule has 3 rings (SSSR count). The molecule has 2 amide bonds. The van der Waals surface area contributed by atoms with Crippen LogP contribution in [0, 0.1) is 0 Å². The summed E-state index contributed by atoms with van der Waals surface area (Å²) in [5, 5.41) is 10.2. The van der Waals surface area contributed by atoms with Gasteiger partial charge in [0.1, 0.15) is 5.75 Å². The molecular weight excluding hydrogens is 471 g/mol. The van der Waals surface area contributed by atoms with Gasteiger partial charge in [-0.2, -0.15) is 5.01 Å². The molecule has 2 aromatic carbocycles.